The molecule has 0 unspecified atom stereocenters. The average Bonchev–Trinajstić information content (AvgIpc) is 3.23. The Bertz CT molecular complexity index is 993. The molecule has 2 aliphatic rings. The lowest BCUT2D eigenvalue weighted by Gasteiger charge is -2.34. The van der Waals surface area contributed by atoms with Crippen molar-refractivity contribution in [1.29, 1.82) is 0 Å². The zero-order chi connectivity index (χ0) is 19.6. The van der Waals surface area contributed by atoms with Gasteiger partial charge >= 0.3 is 0 Å². The van der Waals surface area contributed by atoms with Gasteiger partial charge in [0.1, 0.15) is 5.82 Å². The zero-order valence-corrected chi connectivity index (χ0v) is 16.9. The molecule has 0 radical (unpaired) electrons. The summed E-state index contributed by atoms with van der Waals surface area (Å²) in [5.41, 5.74) is 6.18. The van der Waals surface area contributed by atoms with E-state index in [-0.39, 0.29) is 0 Å². The van der Waals surface area contributed by atoms with E-state index in [4.69, 9.17) is 9.97 Å². The normalized spacial score (nSPS) is 16.7. The van der Waals surface area contributed by atoms with Crippen molar-refractivity contribution in [3.63, 3.8) is 0 Å². The number of aromatic nitrogens is 3. The van der Waals surface area contributed by atoms with Crippen molar-refractivity contribution >= 4 is 11.5 Å². The molecule has 1 N–H and O–H groups in total. The molecular formula is C24H27N5. The van der Waals surface area contributed by atoms with Crippen molar-refractivity contribution in [2.75, 3.05) is 23.3 Å². The average molecular weight is 386 g/mol. The molecular weight excluding hydrogens is 358 g/mol. The van der Waals surface area contributed by atoms with Gasteiger partial charge in [0.25, 0.3) is 0 Å². The maximum Gasteiger partial charge on any atom is 0.161 e. The highest BCUT2D eigenvalue weighted by Gasteiger charge is 2.26. The summed E-state index contributed by atoms with van der Waals surface area (Å²) < 4.78 is 0. The van der Waals surface area contributed by atoms with Gasteiger partial charge in [0.2, 0.25) is 0 Å². The van der Waals surface area contributed by atoms with Crippen molar-refractivity contribution < 1.29 is 0 Å². The fourth-order valence-corrected chi connectivity index (χ4v) is 4.51. The first-order valence-corrected chi connectivity index (χ1v) is 10.6. The second-order valence-corrected chi connectivity index (χ2v) is 8.16. The van der Waals surface area contributed by atoms with E-state index in [1.54, 1.807) is 0 Å². The fraction of sp³-hybridized carbons (Fsp3) is 0.375. The number of fused-ring (bicyclic) bond motifs is 1. The van der Waals surface area contributed by atoms with Gasteiger partial charge in [-0.1, -0.05) is 12.1 Å². The van der Waals surface area contributed by atoms with Gasteiger partial charge in [0, 0.05) is 54.0 Å². The Balaban J connectivity index is 1.35. The highest BCUT2D eigenvalue weighted by Crippen LogP contribution is 2.33. The minimum absolute atomic E-state index is 0.516. The van der Waals surface area contributed by atoms with Crippen molar-refractivity contribution in [3.05, 3.63) is 65.6 Å². The Morgan fingerprint density at radius 2 is 1.83 bits per heavy atom. The molecule has 1 aliphatic heterocycles. The number of anilines is 2. The van der Waals surface area contributed by atoms with Gasteiger partial charge in [0.15, 0.2) is 5.82 Å². The number of nitrogens with zero attached hydrogens (tertiary/aromatic N) is 4. The van der Waals surface area contributed by atoms with E-state index >= 15 is 0 Å². The largest absolute Gasteiger partial charge is 0.382 e. The fourth-order valence-electron chi connectivity index (χ4n) is 4.51. The Labute approximate surface area is 172 Å². The first kappa shape index (κ1) is 18.1. The lowest BCUT2D eigenvalue weighted by molar-refractivity contribution is 0.522. The van der Waals surface area contributed by atoms with E-state index in [2.05, 4.69) is 46.4 Å². The minimum Gasteiger partial charge on any atom is -0.382 e. The van der Waals surface area contributed by atoms with Gasteiger partial charge in [-0.05, 0) is 68.9 Å². The third kappa shape index (κ3) is 3.82. The third-order valence-corrected chi connectivity index (χ3v) is 6.03. The molecule has 0 amide bonds. The first-order chi connectivity index (χ1) is 14.3. The first-order valence-electron chi connectivity index (χ1n) is 10.6. The van der Waals surface area contributed by atoms with E-state index in [1.165, 1.54) is 28.9 Å². The molecule has 1 fully saturated rings. The molecule has 1 saturated heterocycles. The van der Waals surface area contributed by atoms with Crippen LogP contribution in [0, 0.1) is 6.92 Å². The van der Waals surface area contributed by atoms with Gasteiger partial charge in [-0.25, -0.2) is 9.97 Å². The smallest absolute Gasteiger partial charge is 0.161 e. The number of pyridine rings is 1. The van der Waals surface area contributed by atoms with E-state index in [0.717, 1.165) is 56.0 Å². The number of nitrogens with one attached hydrogen (secondary N) is 1. The molecule has 29 heavy (non-hydrogen) atoms. The summed E-state index contributed by atoms with van der Waals surface area (Å²) in [6, 6.07) is 13.2. The van der Waals surface area contributed by atoms with Gasteiger partial charge in [0.05, 0.1) is 0 Å². The van der Waals surface area contributed by atoms with Crippen LogP contribution in [0.4, 0.5) is 11.5 Å². The van der Waals surface area contributed by atoms with Crippen molar-refractivity contribution in [2.24, 2.45) is 0 Å². The summed E-state index contributed by atoms with van der Waals surface area (Å²) in [5, 5.41) is 3.72. The van der Waals surface area contributed by atoms with Crippen LogP contribution in [0.15, 0.2) is 48.8 Å². The van der Waals surface area contributed by atoms with Crippen LogP contribution in [0.1, 0.15) is 36.1 Å². The van der Waals surface area contributed by atoms with Gasteiger partial charge in [-0.3, -0.25) is 4.98 Å². The van der Waals surface area contributed by atoms with Crippen molar-refractivity contribution in [3.8, 4) is 11.4 Å². The van der Waals surface area contributed by atoms with Crippen LogP contribution in [0.3, 0.4) is 0 Å². The molecule has 1 aliphatic carbocycles. The molecule has 2 aromatic heterocycles. The van der Waals surface area contributed by atoms with E-state index in [9.17, 15) is 0 Å². The molecule has 148 valence electrons. The summed E-state index contributed by atoms with van der Waals surface area (Å²) in [7, 11) is 0. The number of hydrogen-bond acceptors (Lipinski definition) is 5. The molecule has 3 aromatic rings. The standard InChI is InChI=1S/C24H27N5/c1-17-4-2-5-20(16-17)26-19-10-14-29(15-11-19)24-21-6-3-7-22(21)27-23(28-24)18-8-12-25-13-9-18/h2,4-5,8-9,12-13,16,19,26H,3,6-7,10-11,14-15H2,1H3. The lowest BCUT2D eigenvalue weighted by atomic mass is 10.0. The maximum absolute atomic E-state index is 5.03. The molecule has 0 saturated carbocycles. The molecule has 1 aromatic carbocycles. The van der Waals surface area contributed by atoms with Gasteiger partial charge < -0.3 is 10.2 Å². The van der Waals surface area contributed by atoms with Crippen molar-refractivity contribution in [2.45, 2.75) is 45.1 Å². The number of piperidine rings is 1. The number of aryl methyl sites for hydroxylation is 2. The van der Waals surface area contributed by atoms with Crippen LogP contribution in [0.25, 0.3) is 11.4 Å². The summed E-state index contributed by atoms with van der Waals surface area (Å²) in [6.07, 6.45) is 9.22. The Morgan fingerprint density at radius 3 is 2.62 bits per heavy atom. The predicted molar refractivity (Wildman–Crippen MR) is 117 cm³/mol. The van der Waals surface area contributed by atoms with Crippen LogP contribution >= 0.6 is 0 Å². The monoisotopic (exact) mass is 385 g/mol. The van der Waals surface area contributed by atoms with E-state index in [0.29, 0.717) is 6.04 Å². The molecule has 0 spiro atoms. The summed E-state index contributed by atoms with van der Waals surface area (Å²) in [4.78, 5) is 16.5. The van der Waals surface area contributed by atoms with E-state index < -0.39 is 0 Å². The summed E-state index contributed by atoms with van der Waals surface area (Å²) in [6.45, 7) is 4.20. The lowest BCUT2D eigenvalue weighted by Crippen LogP contribution is -2.40. The van der Waals surface area contributed by atoms with Crippen LogP contribution in [0.2, 0.25) is 0 Å². The van der Waals surface area contributed by atoms with Gasteiger partial charge in [-0.15, -0.1) is 0 Å². The molecule has 5 nitrogen and oxygen atoms in total. The van der Waals surface area contributed by atoms with Gasteiger partial charge in [-0.2, -0.15) is 0 Å². The highest BCUT2D eigenvalue weighted by molar-refractivity contribution is 5.61. The zero-order valence-electron chi connectivity index (χ0n) is 16.9. The van der Waals surface area contributed by atoms with Crippen LogP contribution in [-0.2, 0) is 12.8 Å². The number of hydrogen-bond donors (Lipinski definition) is 1. The second kappa shape index (κ2) is 7.82. The Morgan fingerprint density at radius 1 is 1.00 bits per heavy atom. The number of benzene rings is 1. The van der Waals surface area contributed by atoms with Crippen LogP contribution in [0.5, 0.6) is 0 Å². The van der Waals surface area contributed by atoms with Crippen LogP contribution < -0.4 is 10.2 Å². The maximum atomic E-state index is 5.03. The molecule has 0 bridgehead atoms. The second-order valence-electron chi connectivity index (χ2n) is 8.16. The molecule has 0 atom stereocenters. The minimum atomic E-state index is 0.516. The Kier molecular flexibility index (Phi) is 4.88. The SMILES string of the molecule is Cc1cccc(NC2CCN(c3nc(-c4ccncc4)nc4c3CCC4)CC2)c1. The predicted octanol–water partition coefficient (Wildman–Crippen LogP) is 4.42. The van der Waals surface area contributed by atoms with Crippen molar-refractivity contribution in [1.82, 2.24) is 15.0 Å². The summed E-state index contributed by atoms with van der Waals surface area (Å²) >= 11 is 0. The summed E-state index contributed by atoms with van der Waals surface area (Å²) in [5.74, 6) is 2.00. The van der Waals surface area contributed by atoms with Crippen LogP contribution in [-0.4, -0.2) is 34.1 Å². The topological polar surface area (TPSA) is 53.9 Å². The Hall–Kier alpha value is -2.95. The molecule has 5 heteroatoms. The quantitative estimate of drug-likeness (QED) is 0.721. The highest BCUT2D eigenvalue weighted by atomic mass is 15.2. The van der Waals surface area contributed by atoms with E-state index in [1.807, 2.05) is 24.5 Å². The third-order valence-electron chi connectivity index (χ3n) is 6.03. The number of rotatable bonds is 4. The molecule has 3 heterocycles. The molecule has 5 rings (SSSR count).